The minimum absolute atomic E-state index is 0.0739. The highest BCUT2D eigenvalue weighted by atomic mass is 32.1. The van der Waals surface area contributed by atoms with E-state index in [2.05, 4.69) is 102 Å². The van der Waals surface area contributed by atoms with Crippen molar-refractivity contribution >= 4 is 28.6 Å². The standard InChI is InChI=1S/C34H39N3OS/c1-24(2)27-8-10-28(11-9-27)33-31(25(3)4)6-5-7-32(33)34(38)35-29-12-14-30(15-13-29)37-19-17-36(18-20-37)22-26-16-21-39-23-26/h5-16,21,23-25H,17-20,22H2,1-4H3,(H,35,38). The number of hydrogen-bond acceptors (Lipinski definition) is 4. The number of benzene rings is 3. The van der Waals surface area contributed by atoms with Crippen molar-refractivity contribution in [2.45, 2.75) is 46.1 Å². The lowest BCUT2D eigenvalue weighted by atomic mass is 9.87. The quantitative estimate of drug-likeness (QED) is 0.246. The molecule has 0 radical (unpaired) electrons. The Kier molecular flexibility index (Phi) is 8.49. The smallest absolute Gasteiger partial charge is 0.256 e. The summed E-state index contributed by atoms with van der Waals surface area (Å²) < 4.78 is 0. The molecule has 202 valence electrons. The van der Waals surface area contributed by atoms with E-state index >= 15 is 0 Å². The van der Waals surface area contributed by atoms with E-state index in [1.807, 2.05) is 24.3 Å². The number of amides is 1. The van der Waals surface area contributed by atoms with Crippen LogP contribution >= 0.6 is 11.3 Å². The fraction of sp³-hybridized carbons (Fsp3) is 0.324. The lowest BCUT2D eigenvalue weighted by molar-refractivity contribution is 0.102. The van der Waals surface area contributed by atoms with Crippen molar-refractivity contribution in [1.82, 2.24) is 4.90 Å². The molecule has 4 aromatic rings. The first kappa shape index (κ1) is 27.2. The molecule has 1 aliphatic rings. The molecule has 0 saturated carbocycles. The molecule has 2 heterocycles. The van der Waals surface area contributed by atoms with Crippen molar-refractivity contribution in [3.63, 3.8) is 0 Å². The van der Waals surface area contributed by atoms with Gasteiger partial charge in [0.05, 0.1) is 0 Å². The number of thiophene rings is 1. The van der Waals surface area contributed by atoms with Gasteiger partial charge in [-0.1, -0.05) is 64.1 Å². The molecule has 4 nitrogen and oxygen atoms in total. The van der Waals surface area contributed by atoms with Crippen molar-refractivity contribution in [1.29, 1.82) is 0 Å². The molecule has 0 atom stereocenters. The Bertz CT molecular complexity index is 1370. The summed E-state index contributed by atoms with van der Waals surface area (Å²) in [7, 11) is 0. The zero-order chi connectivity index (χ0) is 27.4. The summed E-state index contributed by atoms with van der Waals surface area (Å²) in [5, 5.41) is 7.55. The number of piperazine rings is 1. The van der Waals surface area contributed by atoms with Crippen LogP contribution in [0, 0.1) is 0 Å². The summed E-state index contributed by atoms with van der Waals surface area (Å²) in [6.07, 6.45) is 0. The molecule has 0 spiro atoms. The summed E-state index contributed by atoms with van der Waals surface area (Å²) >= 11 is 1.77. The van der Waals surface area contributed by atoms with Crippen LogP contribution in [0.5, 0.6) is 0 Å². The van der Waals surface area contributed by atoms with Gasteiger partial charge in [0, 0.05) is 49.7 Å². The summed E-state index contributed by atoms with van der Waals surface area (Å²) in [6, 6.07) is 25.3. The second-order valence-electron chi connectivity index (χ2n) is 11.1. The van der Waals surface area contributed by atoms with Crippen LogP contribution in [-0.2, 0) is 6.54 Å². The minimum Gasteiger partial charge on any atom is -0.369 e. The highest BCUT2D eigenvalue weighted by molar-refractivity contribution is 7.07. The first-order chi connectivity index (χ1) is 18.9. The van der Waals surface area contributed by atoms with E-state index in [9.17, 15) is 4.79 Å². The van der Waals surface area contributed by atoms with Crippen molar-refractivity contribution in [3.8, 4) is 11.1 Å². The molecule has 1 aromatic heterocycles. The van der Waals surface area contributed by atoms with Crippen LogP contribution in [0.1, 0.15) is 66.6 Å². The summed E-state index contributed by atoms with van der Waals surface area (Å²) in [5.41, 5.74) is 8.74. The topological polar surface area (TPSA) is 35.6 Å². The van der Waals surface area contributed by atoms with Crippen molar-refractivity contribution in [3.05, 3.63) is 106 Å². The summed E-state index contributed by atoms with van der Waals surface area (Å²) in [6.45, 7) is 13.9. The van der Waals surface area contributed by atoms with E-state index in [0.717, 1.165) is 49.5 Å². The Hall–Kier alpha value is -3.41. The Labute approximate surface area is 237 Å². The molecule has 39 heavy (non-hydrogen) atoms. The number of carbonyl (C=O) groups excluding carboxylic acids is 1. The fourth-order valence-electron chi connectivity index (χ4n) is 5.36. The molecule has 1 aliphatic heterocycles. The first-order valence-corrected chi connectivity index (χ1v) is 15.0. The second-order valence-corrected chi connectivity index (χ2v) is 11.9. The Morgan fingerprint density at radius 3 is 2.18 bits per heavy atom. The predicted octanol–water partition coefficient (Wildman–Crippen LogP) is 8.24. The van der Waals surface area contributed by atoms with Gasteiger partial charge < -0.3 is 10.2 Å². The number of nitrogens with one attached hydrogen (secondary N) is 1. The van der Waals surface area contributed by atoms with Gasteiger partial charge in [-0.15, -0.1) is 0 Å². The van der Waals surface area contributed by atoms with E-state index in [-0.39, 0.29) is 5.91 Å². The normalized spacial score (nSPS) is 14.3. The van der Waals surface area contributed by atoms with Crippen LogP contribution in [-0.4, -0.2) is 37.0 Å². The van der Waals surface area contributed by atoms with Crippen molar-refractivity contribution in [2.24, 2.45) is 0 Å². The van der Waals surface area contributed by atoms with Gasteiger partial charge in [-0.3, -0.25) is 9.69 Å². The van der Waals surface area contributed by atoms with Crippen LogP contribution in [0.25, 0.3) is 11.1 Å². The molecule has 1 amide bonds. The van der Waals surface area contributed by atoms with E-state index < -0.39 is 0 Å². The van der Waals surface area contributed by atoms with Crippen LogP contribution in [0.4, 0.5) is 11.4 Å². The number of nitrogens with zero attached hydrogens (tertiary/aromatic N) is 2. The minimum atomic E-state index is -0.0739. The van der Waals surface area contributed by atoms with Gasteiger partial charge in [0.2, 0.25) is 0 Å². The SMILES string of the molecule is CC(C)c1ccc(-c2c(C(=O)Nc3ccc(N4CCN(Cc5ccsc5)CC4)cc3)cccc2C(C)C)cc1. The number of anilines is 2. The van der Waals surface area contributed by atoms with Gasteiger partial charge >= 0.3 is 0 Å². The molecule has 3 aromatic carbocycles. The molecule has 5 heteroatoms. The average molecular weight is 538 g/mol. The molecule has 0 unspecified atom stereocenters. The average Bonchev–Trinajstić information content (AvgIpc) is 3.46. The zero-order valence-electron chi connectivity index (χ0n) is 23.5. The third kappa shape index (κ3) is 6.43. The number of carbonyl (C=O) groups is 1. The lowest BCUT2D eigenvalue weighted by Gasteiger charge is -2.36. The number of hydrogen-bond donors (Lipinski definition) is 1. The first-order valence-electron chi connectivity index (χ1n) is 14.0. The molecule has 0 aliphatic carbocycles. The Balaban J connectivity index is 1.28. The van der Waals surface area contributed by atoms with Crippen LogP contribution in [0.3, 0.4) is 0 Å². The van der Waals surface area contributed by atoms with Crippen LogP contribution in [0.2, 0.25) is 0 Å². The predicted molar refractivity (Wildman–Crippen MR) is 166 cm³/mol. The van der Waals surface area contributed by atoms with E-state index in [1.54, 1.807) is 11.3 Å². The van der Waals surface area contributed by atoms with Crippen molar-refractivity contribution < 1.29 is 4.79 Å². The molecule has 1 saturated heterocycles. The highest BCUT2D eigenvalue weighted by Crippen LogP contribution is 2.34. The van der Waals surface area contributed by atoms with Gasteiger partial charge in [-0.05, 0) is 86.8 Å². The van der Waals surface area contributed by atoms with E-state index in [1.165, 1.54) is 22.4 Å². The fourth-order valence-corrected chi connectivity index (χ4v) is 6.02. The second kappa shape index (κ2) is 12.2. The maximum atomic E-state index is 13.6. The Morgan fingerprint density at radius 2 is 1.56 bits per heavy atom. The van der Waals surface area contributed by atoms with Crippen molar-refractivity contribution in [2.75, 3.05) is 36.4 Å². The van der Waals surface area contributed by atoms with Crippen LogP contribution < -0.4 is 10.2 Å². The molecule has 1 fully saturated rings. The summed E-state index contributed by atoms with van der Waals surface area (Å²) in [5.74, 6) is 0.706. The molecule has 1 N–H and O–H groups in total. The zero-order valence-corrected chi connectivity index (χ0v) is 24.3. The molecule has 0 bridgehead atoms. The van der Waals surface area contributed by atoms with Gasteiger partial charge in [-0.2, -0.15) is 11.3 Å². The van der Waals surface area contributed by atoms with Gasteiger partial charge in [0.15, 0.2) is 0 Å². The van der Waals surface area contributed by atoms with E-state index in [4.69, 9.17) is 0 Å². The molecular formula is C34H39N3OS. The maximum Gasteiger partial charge on any atom is 0.256 e. The van der Waals surface area contributed by atoms with Gasteiger partial charge in [-0.25, -0.2) is 0 Å². The monoisotopic (exact) mass is 537 g/mol. The third-order valence-corrected chi connectivity index (χ3v) is 8.41. The lowest BCUT2D eigenvalue weighted by Crippen LogP contribution is -2.45. The van der Waals surface area contributed by atoms with Gasteiger partial charge in [0.1, 0.15) is 0 Å². The summed E-state index contributed by atoms with van der Waals surface area (Å²) in [4.78, 5) is 18.5. The highest BCUT2D eigenvalue weighted by Gasteiger charge is 2.20. The Morgan fingerprint density at radius 1 is 0.846 bits per heavy atom. The maximum absolute atomic E-state index is 13.6. The third-order valence-electron chi connectivity index (χ3n) is 7.68. The molecule has 5 rings (SSSR count). The van der Waals surface area contributed by atoms with Crippen LogP contribution in [0.15, 0.2) is 83.6 Å². The largest absolute Gasteiger partial charge is 0.369 e. The van der Waals surface area contributed by atoms with Gasteiger partial charge in [0.25, 0.3) is 5.91 Å². The molecular weight excluding hydrogens is 498 g/mol. The number of rotatable bonds is 8. The van der Waals surface area contributed by atoms with E-state index in [0.29, 0.717) is 17.4 Å².